The maximum Gasteiger partial charge on any atom is 0.434 e. The molecule has 3 N–H and O–H groups in total. The Bertz CT molecular complexity index is 954. The largest absolute Gasteiger partial charge is 0.434 e. The molecular weight excluding hydrogens is 413 g/mol. The van der Waals surface area contributed by atoms with Crippen molar-refractivity contribution in [2.45, 2.75) is 48.4 Å². The topological polar surface area (TPSA) is 103 Å². The number of nitrogen functional groups attached to an aromatic ring is 1. The van der Waals surface area contributed by atoms with E-state index in [1.807, 2.05) is 0 Å². The number of anilines is 1. The molecule has 0 fully saturated rings. The van der Waals surface area contributed by atoms with Crippen LogP contribution in [0.15, 0.2) is 37.7 Å². The second-order valence-electron chi connectivity index (χ2n) is 7.20. The lowest BCUT2D eigenvalue weighted by atomic mass is 10.3. The normalized spacial score (nSPS) is 12.4. The molecule has 0 spiro atoms. The van der Waals surface area contributed by atoms with E-state index in [9.17, 15) is 22.8 Å². The lowest BCUT2D eigenvalue weighted by molar-refractivity contribution is -0.143. The van der Waals surface area contributed by atoms with Gasteiger partial charge in [-0.1, -0.05) is 31.4 Å². The minimum Gasteiger partial charge on any atom is -0.384 e. The van der Waals surface area contributed by atoms with Gasteiger partial charge >= 0.3 is 11.9 Å². The zero-order chi connectivity index (χ0) is 21.1. The van der Waals surface area contributed by atoms with Gasteiger partial charge in [0, 0.05) is 25.8 Å². The maximum atomic E-state index is 13.1. The van der Waals surface area contributed by atoms with Gasteiger partial charge in [0.05, 0.1) is 0 Å². The first-order valence-electron chi connectivity index (χ1n) is 8.30. The molecule has 0 radical (unpaired) electrons. The molecule has 0 amide bonds. The second-order valence-corrected chi connectivity index (χ2v) is 13.9. The number of aromatic amines is 1. The molecule has 0 saturated carbocycles. The Morgan fingerprint density at radius 1 is 1.32 bits per heavy atom. The number of nitrogens with one attached hydrogen (secondary N) is 1. The van der Waals surface area contributed by atoms with E-state index in [-0.39, 0.29) is 22.3 Å². The second kappa shape index (κ2) is 8.53. The summed E-state index contributed by atoms with van der Waals surface area (Å²) < 4.78 is 45.6. The highest BCUT2D eigenvalue weighted by Crippen LogP contribution is 2.37. The lowest BCUT2D eigenvalue weighted by Crippen LogP contribution is -2.38. The third-order valence-electron chi connectivity index (χ3n) is 3.64. The molecule has 0 atom stereocenters. The molecule has 0 aliphatic rings. The first kappa shape index (κ1) is 22.2. The van der Waals surface area contributed by atoms with E-state index in [1.54, 1.807) is 0 Å². The summed E-state index contributed by atoms with van der Waals surface area (Å²) in [5.41, 5.74) is 2.93. The van der Waals surface area contributed by atoms with Crippen LogP contribution in [0.2, 0.25) is 25.7 Å². The smallest absolute Gasteiger partial charge is 0.384 e. The highest BCUT2D eigenvalue weighted by Gasteiger charge is 2.35. The summed E-state index contributed by atoms with van der Waals surface area (Å²) in [5, 5.41) is 0. The summed E-state index contributed by atoms with van der Waals surface area (Å²) in [6, 6.07) is 3.33. The minimum absolute atomic E-state index is 0.230. The SMILES string of the molecule is C[Si](C)(C)CCOCn1c(=O)[nH]c(N)c(Sc2cccnc2C(F)(F)F)c1=O. The van der Waals surface area contributed by atoms with Crippen LogP contribution < -0.4 is 17.0 Å². The molecule has 0 aromatic carbocycles. The monoisotopic (exact) mass is 434 g/mol. The number of pyridine rings is 1. The molecule has 2 rings (SSSR count). The quantitative estimate of drug-likeness (QED) is 0.513. The minimum atomic E-state index is -4.69. The third-order valence-corrected chi connectivity index (χ3v) is 6.49. The van der Waals surface area contributed by atoms with Gasteiger partial charge in [-0.25, -0.2) is 9.36 Å². The van der Waals surface area contributed by atoms with E-state index in [0.29, 0.717) is 18.4 Å². The van der Waals surface area contributed by atoms with Gasteiger partial charge in [-0.3, -0.25) is 14.8 Å². The van der Waals surface area contributed by atoms with E-state index in [2.05, 4.69) is 29.6 Å². The zero-order valence-electron chi connectivity index (χ0n) is 15.6. The van der Waals surface area contributed by atoms with Crippen molar-refractivity contribution in [3.05, 3.63) is 44.9 Å². The highest BCUT2D eigenvalue weighted by molar-refractivity contribution is 7.99. The number of H-pyrrole nitrogens is 1. The summed E-state index contributed by atoms with van der Waals surface area (Å²) in [7, 11) is -1.35. The number of alkyl halides is 3. The predicted octanol–water partition coefficient (Wildman–Crippen LogP) is 3.00. The van der Waals surface area contributed by atoms with Crippen LogP contribution in [-0.2, 0) is 17.6 Å². The van der Waals surface area contributed by atoms with Crippen LogP contribution in [0.5, 0.6) is 0 Å². The van der Waals surface area contributed by atoms with Crippen LogP contribution in [0.25, 0.3) is 0 Å². The Hall–Kier alpha value is -2.05. The predicted molar refractivity (Wildman–Crippen MR) is 103 cm³/mol. The number of halogens is 3. The number of nitrogens with zero attached hydrogens (tertiary/aromatic N) is 2. The van der Waals surface area contributed by atoms with Gasteiger partial charge in [-0.05, 0) is 18.2 Å². The van der Waals surface area contributed by atoms with Crippen LogP contribution in [0.3, 0.4) is 0 Å². The molecule has 28 heavy (non-hydrogen) atoms. The number of hydrogen-bond acceptors (Lipinski definition) is 6. The zero-order valence-corrected chi connectivity index (χ0v) is 17.4. The number of aromatic nitrogens is 3. The van der Waals surface area contributed by atoms with Gasteiger partial charge in [-0.2, -0.15) is 13.2 Å². The number of rotatable bonds is 7. The average Bonchev–Trinajstić information content (AvgIpc) is 2.56. The van der Waals surface area contributed by atoms with Crippen molar-refractivity contribution < 1.29 is 17.9 Å². The molecule has 7 nitrogen and oxygen atoms in total. The van der Waals surface area contributed by atoms with Crippen molar-refractivity contribution in [3.63, 3.8) is 0 Å². The fourth-order valence-corrected chi connectivity index (χ4v) is 3.86. The Morgan fingerprint density at radius 3 is 2.61 bits per heavy atom. The van der Waals surface area contributed by atoms with Crippen molar-refractivity contribution in [1.29, 1.82) is 0 Å². The first-order chi connectivity index (χ1) is 12.9. The van der Waals surface area contributed by atoms with Crippen molar-refractivity contribution in [3.8, 4) is 0 Å². The van der Waals surface area contributed by atoms with Gasteiger partial charge in [-0.15, -0.1) is 0 Å². The summed E-state index contributed by atoms with van der Waals surface area (Å²) >= 11 is 0.501. The number of nitrogens with two attached hydrogens (primary N) is 1. The highest BCUT2D eigenvalue weighted by atomic mass is 32.2. The Morgan fingerprint density at radius 2 is 2.00 bits per heavy atom. The molecule has 2 aromatic heterocycles. The van der Waals surface area contributed by atoms with E-state index in [4.69, 9.17) is 10.5 Å². The van der Waals surface area contributed by atoms with E-state index >= 15 is 0 Å². The summed E-state index contributed by atoms with van der Waals surface area (Å²) in [4.78, 5) is 29.8. The van der Waals surface area contributed by atoms with Crippen molar-refractivity contribution >= 4 is 25.7 Å². The summed E-state index contributed by atoms with van der Waals surface area (Å²) in [5.74, 6) is -0.310. The fourth-order valence-electron chi connectivity index (χ4n) is 2.12. The maximum absolute atomic E-state index is 13.1. The van der Waals surface area contributed by atoms with Crippen molar-refractivity contribution in [2.75, 3.05) is 12.3 Å². The van der Waals surface area contributed by atoms with Gasteiger partial charge in [0.1, 0.15) is 17.4 Å². The van der Waals surface area contributed by atoms with E-state index in [0.717, 1.165) is 16.8 Å². The molecule has 12 heteroatoms. The van der Waals surface area contributed by atoms with Gasteiger partial charge in [0.15, 0.2) is 5.69 Å². The molecule has 0 aliphatic carbocycles. The van der Waals surface area contributed by atoms with Crippen LogP contribution >= 0.6 is 11.8 Å². The Kier molecular flexibility index (Phi) is 6.78. The fraction of sp³-hybridized carbons (Fsp3) is 0.438. The molecule has 154 valence electrons. The van der Waals surface area contributed by atoms with Crippen LogP contribution in [0.4, 0.5) is 19.0 Å². The molecule has 0 unspecified atom stereocenters. The Labute approximate surface area is 164 Å². The van der Waals surface area contributed by atoms with Crippen LogP contribution in [-0.4, -0.2) is 29.2 Å². The standard InChI is InChI=1S/C16H21F3N4O3SSi/c1-28(2,3)8-7-26-9-23-14(24)11(13(20)22-15(23)25)27-10-5-4-6-21-12(10)16(17,18)19/h4-6H,7-9,20H2,1-3H3,(H,22,25). The van der Waals surface area contributed by atoms with Crippen LogP contribution in [0, 0.1) is 0 Å². The first-order valence-corrected chi connectivity index (χ1v) is 12.8. The molecule has 2 heterocycles. The van der Waals surface area contributed by atoms with E-state index in [1.165, 1.54) is 12.1 Å². The average molecular weight is 435 g/mol. The Balaban J connectivity index is 2.32. The molecule has 0 aliphatic heterocycles. The molecule has 0 bridgehead atoms. The third kappa shape index (κ3) is 5.72. The van der Waals surface area contributed by atoms with Crippen molar-refractivity contribution in [2.24, 2.45) is 0 Å². The van der Waals surface area contributed by atoms with Gasteiger partial charge < -0.3 is 10.5 Å². The number of ether oxygens (including phenoxy) is 1. The molecule has 2 aromatic rings. The van der Waals surface area contributed by atoms with Crippen LogP contribution in [0.1, 0.15) is 5.69 Å². The lowest BCUT2D eigenvalue weighted by Gasteiger charge is -2.16. The van der Waals surface area contributed by atoms with E-state index < -0.39 is 31.2 Å². The molecule has 0 saturated heterocycles. The summed E-state index contributed by atoms with van der Waals surface area (Å²) in [6.45, 7) is 6.51. The number of hydrogen-bond donors (Lipinski definition) is 2. The van der Waals surface area contributed by atoms with Gasteiger partial charge in [0.2, 0.25) is 0 Å². The molecular formula is C16H21F3N4O3SSi. The van der Waals surface area contributed by atoms with Gasteiger partial charge in [0.25, 0.3) is 5.56 Å². The van der Waals surface area contributed by atoms with Crippen molar-refractivity contribution in [1.82, 2.24) is 14.5 Å². The summed E-state index contributed by atoms with van der Waals surface area (Å²) in [6.07, 6.45) is -3.69.